The van der Waals surface area contributed by atoms with Crippen molar-refractivity contribution in [1.29, 1.82) is 0 Å². The first kappa shape index (κ1) is 8.44. The molecule has 0 radical (unpaired) electrons. The fraction of sp³-hybridized carbons (Fsp3) is 0.333. The van der Waals surface area contributed by atoms with Gasteiger partial charge in [0.2, 0.25) is 0 Å². The van der Waals surface area contributed by atoms with E-state index in [0.29, 0.717) is 0 Å². The van der Waals surface area contributed by atoms with E-state index in [1.807, 2.05) is 0 Å². The number of ether oxygens (including phenoxy) is 1. The van der Waals surface area contributed by atoms with Gasteiger partial charge in [0.25, 0.3) is 0 Å². The molecule has 13 heavy (non-hydrogen) atoms. The lowest BCUT2D eigenvalue weighted by Gasteiger charge is -2.30. The monoisotopic (exact) mass is 185 g/mol. The van der Waals surface area contributed by atoms with Gasteiger partial charge in [0.15, 0.2) is 0 Å². The second-order valence-electron chi connectivity index (χ2n) is 3.08. The van der Waals surface area contributed by atoms with Crippen LogP contribution in [0.15, 0.2) is 24.3 Å². The largest absolute Gasteiger partial charge is 0.431 e. The smallest absolute Gasteiger partial charge is 0.413 e. The van der Waals surface area contributed by atoms with E-state index in [1.54, 1.807) is 18.2 Å². The number of hydrogen-bond donors (Lipinski definition) is 1. The van der Waals surface area contributed by atoms with Crippen LogP contribution in [0, 0.1) is 0 Å². The van der Waals surface area contributed by atoms with Gasteiger partial charge in [-0.15, -0.1) is 0 Å². The molecule has 1 aliphatic rings. The molecule has 0 saturated heterocycles. The Balaban J connectivity index is 2.39. The molecular formula is C9H9F2NO. The van der Waals surface area contributed by atoms with Gasteiger partial charge in [0.1, 0.15) is 11.8 Å². The number of hydrogen-bond acceptors (Lipinski definition) is 2. The van der Waals surface area contributed by atoms with Crippen molar-refractivity contribution in [3.8, 4) is 5.75 Å². The quantitative estimate of drug-likeness (QED) is 0.665. The normalized spacial score (nSPS) is 24.7. The van der Waals surface area contributed by atoms with Crippen LogP contribution in [-0.4, -0.2) is 12.2 Å². The lowest BCUT2D eigenvalue weighted by atomic mass is 10.0. The third kappa shape index (κ3) is 1.37. The Morgan fingerprint density at radius 3 is 2.85 bits per heavy atom. The predicted molar refractivity (Wildman–Crippen MR) is 43.7 cm³/mol. The maximum atomic E-state index is 12.9. The van der Waals surface area contributed by atoms with E-state index in [9.17, 15) is 8.78 Å². The summed E-state index contributed by atoms with van der Waals surface area (Å²) in [6.45, 7) is 0. The number of alkyl halides is 2. The number of benzene rings is 1. The zero-order chi connectivity index (χ0) is 9.47. The Labute approximate surface area is 74.3 Å². The summed E-state index contributed by atoms with van der Waals surface area (Å²) in [6, 6.07) is 5.45. The molecule has 0 spiro atoms. The van der Waals surface area contributed by atoms with Crippen molar-refractivity contribution in [2.24, 2.45) is 5.73 Å². The molecule has 1 heterocycles. The average molecular weight is 185 g/mol. The standard InChI is InChI=1S/C9H9F2NO/c10-9(11)8(12)5-6-3-1-2-4-7(6)13-9/h1-4,8H,5,12H2. The van der Waals surface area contributed by atoms with Crippen LogP contribution in [0.2, 0.25) is 0 Å². The molecule has 2 N–H and O–H groups in total. The highest BCUT2D eigenvalue weighted by Gasteiger charge is 2.43. The van der Waals surface area contributed by atoms with Gasteiger partial charge in [-0.25, -0.2) is 0 Å². The molecule has 0 bridgehead atoms. The van der Waals surface area contributed by atoms with E-state index in [-0.39, 0.29) is 12.2 Å². The van der Waals surface area contributed by atoms with Crippen molar-refractivity contribution < 1.29 is 13.5 Å². The van der Waals surface area contributed by atoms with Gasteiger partial charge < -0.3 is 10.5 Å². The van der Waals surface area contributed by atoms with Gasteiger partial charge in [0, 0.05) is 6.42 Å². The molecule has 4 heteroatoms. The highest BCUT2D eigenvalue weighted by atomic mass is 19.3. The molecule has 1 atom stereocenters. The van der Waals surface area contributed by atoms with Gasteiger partial charge in [-0.2, -0.15) is 8.78 Å². The van der Waals surface area contributed by atoms with Crippen molar-refractivity contribution in [3.05, 3.63) is 29.8 Å². The van der Waals surface area contributed by atoms with E-state index in [1.165, 1.54) is 6.07 Å². The van der Waals surface area contributed by atoms with Crippen LogP contribution >= 0.6 is 0 Å². The summed E-state index contributed by atoms with van der Waals surface area (Å²) < 4.78 is 30.3. The van der Waals surface area contributed by atoms with Gasteiger partial charge in [-0.05, 0) is 11.6 Å². The van der Waals surface area contributed by atoms with Crippen molar-refractivity contribution in [2.75, 3.05) is 0 Å². The number of fused-ring (bicyclic) bond motifs is 1. The summed E-state index contributed by atoms with van der Waals surface area (Å²) in [6.07, 6.45) is -3.09. The van der Waals surface area contributed by atoms with E-state index in [0.717, 1.165) is 5.56 Å². The number of rotatable bonds is 0. The third-order valence-corrected chi connectivity index (χ3v) is 2.09. The Morgan fingerprint density at radius 2 is 2.08 bits per heavy atom. The number of nitrogens with two attached hydrogens (primary N) is 1. The molecule has 0 aromatic heterocycles. The zero-order valence-corrected chi connectivity index (χ0v) is 6.84. The maximum Gasteiger partial charge on any atom is 0.413 e. The van der Waals surface area contributed by atoms with Crippen molar-refractivity contribution in [3.63, 3.8) is 0 Å². The average Bonchev–Trinajstić information content (AvgIpc) is 2.06. The minimum Gasteiger partial charge on any atom is -0.431 e. The summed E-state index contributed by atoms with van der Waals surface area (Å²) in [5.41, 5.74) is 5.99. The second kappa shape index (κ2) is 2.67. The summed E-state index contributed by atoms with van der Waals surface area (Å²) in [7, 11) is 0. The topological polar surface area (TPSA) is 35.2 Å². The highest BCUT2D eigenvalue weighted by molar-refractivity contribution is 5.36. The first-order chi connectivity index (χ1) is 6.09. The molecule has 0 aliphatic carbocycles. The minimum atomic E-state index is -3.24. The first-order valence-corrected chi connectivity index (χ1v) is 4.00. The Morgan fingerprint density at radius 1 is 1.38 bits per heavy atom. The summed E-state index contributed by atoms with van der Waals surface area (Å²) in [5.74, 6) is 0.231. The summed E-state index contributed by atoms with van der Waals surface area (Å²) >= 11 is 0. The van der Waals surface area contributed by atoms with E-state index in [4.69, 9.17) is 5.73 Å². The van der Waals surface area contributed by atoms with Crippen molar-refractivity contribution in [1.82, 2.24) is 0 Å². The van der Waals surface area contributed by atoms with Gasteiger partial charge in [-0.3, -0.25) is 0 Å². The number of para-hydroxylation sites is 1. The first-order valence-electron chi connectivity index (χ1n) is 4.00. The summed E-state index contributed by atoms with van der Waals surface area (Å²) in [4.78, 5) is 0. The molecule has 0 fully saturated rings. The Bertz CT molecular complexity index is 327. The lowest BCUT2D eigenvalue weighted by Crippen LogP contribution is -2.49. The fourth-order valence-corrected chi connectivity index (χ4v) is 1.35. The molecule has 1 aromatic rings. The zero-order valence-electron chi connectivity index (χ0n) is 6.84. The third-order valence-electron chi connectivity index (χ3n) is 2.09. The molecule has 70 valence electrons. The van der Waals surface area contributed by atoms with Gasteiger partial charge in [-0.1, -0.05) is 18.2 Å². The van der Waals surface area contributed by atoms with Gasteiger partial charge in [0.05, 0.1) is 0 Å². The minimum absolute atomic E-state index is 0.156. The van der Waals surface area contributed by atoms with Crippen molar-refractivity contribution in [2.45, 2.75) is 18.6 Å². The van der Waals surface area contributed by atoms with Crippen LogP contribution < -0.4 is 10.5 Å². The SMILES string of the molecule is NC1Cc2ccccc2OC1(F)F. The van der Waals surface area contributed by atoms with E-state index in [2.05, 4.69) is 4.74 Å². The van der Waals surface area contributed by atoms with Crippen LogP contribution in [-0.2, 0) is 6.42 Å². The van der Waals surface area contributed by atoms with Crippen molar-refractivity contribution >= 4 is 0 Å². The molecule has 1 aromatic carbocycles. The number of halogens is 2. The van der Waals surface area contributed by atoms with Crippen LogP contribution in [0.25, 0.3) is 0 Å². The van der Waals surface area contributed by atoms with Gasteiger partial charge >= 0.3 is 6.11 Å². The second-order valence-corrected chi connectivity index (χ2v) is 3.08. The molecular weight excluding hydrogens is 176 g/mol. The molecule has 0 saturated carbocycles. The fourth-order valence-electron chi connectivity index (χ4n) is 1.35. The highest BCUT2D eigenvalue weighted by Crippen LogP contribution is 2.33. The van der Waals surface area contributed by atoms with E-state index < -0.39 is 12.2 Å². The molecule has 1 aliphatic heterocycles. The molecule has 0 amide bonds. The van der Waals surface area contributed by atoms with E-state index >= 15 is 0 Å². The van der Waals surface area contributed by atoms with Crippen LogP contribution in [0.5, 0.6) is 5.75 Å². The van der Waals surface area contributed by atoms with Crippen LogP contribution in [0.1, 0.15) is 5.56 Å². The van der Waals surface area contributed by atoms with Crippen LogP contribution in [0.3, 0.4) is 0 Å². The lowest BCUT2D eigenvalue weighted by molar-refractivity contribution is -0.198. The molecule has 1 unspecified atom stereocenters. The Hall–Kier alpha value is -1.16. The van der Waals surface area contributed by atoms with Crippen LogP contribution in [0.4, 0.5) is 8.78 Å². The molecule has 2 nitrogen and oxygen atoms in total. The summed E-state index contributed by atoms with van der Waals surface area (Å²) in [5, 5.41) is 0. The predicted octanol–water partition coefficient (Wildman–Crippen LogP) is 1.54. The molecule has 2 rings (SSSR count). The Kier molecular flexibility index (Phi) is 1.73. The maximum absolute atomic E-state index is 12.9.